The number of benzene rings is 7. The van der Waals surface area contributed by atoms with Crippen LogP contribution in [0.4, 0.5) is 22.7 Å². The van der Waals surface area contributed by atoms with Crippen molar-refractivity contribution in [2.24, 2.45) is 0 Å². The van der Waals surface area contributed by atoms with Gasteiger partial charge in [0.2, 0.25) is 0 Å². The number of hydrogen-bond donors (Lipinski definition) is 0. The Bertz CT molecular complexity index is 3060. The average molecular weight is 848 g/mol. The Labute approximate surface area is 340 Å². The van der Waals surface area contributed by atoms with Crippen LogP contribution in [0.2, 0.25) is 0 Å². The predicted octanol–water partition coefficient (Wildman–Crippen LogP) is 13.1. The first kappa shape index (κ1) is 33.7. The summed E-state index contributed by atoms with van der Waals surface area (Å²) < 4.78 is 12.6. The Kier molecular flexibility index (Phi) is 8.20. The first-order valence-corrected chi connectivity index (χ1v) is 21.7. The summed E-state index contributed by atoms with van der Waals surface area (Å²) in [6, 6.07) is 64.8. The Hall–Kier alpha value is -6.58. The van der Waals surface area contributed by atoms with Gasteiger partial charge in [0.05, 0.1) is 17.1 Å². The molecule has 272 valence electrons. The number of fused-ring (bicyclic) bond motifs is 5. The van der Waals surface area contributed by atoms with E-state index < -0.39 is 20.4 Å². The van der Waals surface area contributed by atoms with Crippen molar-refractivity contribution in [3.05, 3.63) is 192 Å². The molecule has 0 saturated heterocycles. The van der Waals surface area contributed by atoms with Crippen LogP contribution in [0.5, 0.6) is 11.5 Å². The van der Waals surface area contributed by atoms with Gasteiger partial charge in [-0.05, 0) is 23.3 Å². The number of nitrogens with zero attached hydrogens (tertiary/aromatic N) is 4. The first-order chi connectivity index (χ1) is 28.2. The summed E-state index contributed by atoms with van der Waals surface area (Å²) in [5.41, 5.74) is 12.8. The van der Waals surface area contributed by atoms with E-state index in [9.17, 15) is 0 Å². The van der Waals surface area contributed by atoms with E-state index in [1.807, 2.05) is 6.07 Å². The fourth-order valence-corrected chi connectivity index (χ4v) is 10.9. The van der Waals surface area contributed by atoms with Crippen LogP contribution in [0.3, 0.4) is 0 Å². The Balaban J connectivity index is 0.981. The molecule has 57 heavy (non-hydrogen) atoms. The summed E-state index contributed by atoms with van der Waals surface area (Å²) in [7, 11) is 0. The summed E-state index contributed by atoms with van der Waals surface area (Å²) in [4.78, 5) is 10.1. The molecular weight excluding hydrogens is 812 g/mol. The second-order valence-corrected chi connectivity index (χ2v) is 17.0. The molecule has 3 aromatic heterocycles. The number of pyridine rings is 1. The van der Waals surface area contributed by atoms with Gasteiger partial charge in [-0.3, -0.25) is 0 Å². The molecule has 0 bridgehead atoms. The molecule has 0 N–H and O–H groups in total. The van der Waals surface area contributed by atoms with Gasteiger partial charge in [0, 0.05) is 11.1 Å². The molecule has 0 aliphatic carbocycles. The molecular formula is C51H36N4OTe. The summed E-state index contributed by atoms with van der Waals surface area (Å²) in [5, 5.41) is 3.68. The van der Waals surface area contributed by atoms with Crippen molar-refractivity contribution >= 4 is 73.9 Å². The van der Waals surface area contributed by atoms with Crippen molar-refractivity contribution in [3.63, 3.8) is 0 Å². The zero-order valence-electron chi connectivity index (χ0n) is 31.2. The number of ether oxygens (including phenoxy) is 1. The van der Waals surface area contributed by atoms with Crippen LogP contribution in [0, 0.1) is 6.92 Å². The summed E-state index contributed by atoms with van der Waals surface area (Å²) in [6.07, 6.45) is 0. The Morgan fingerprint density at radius 2 is 1.18 bits per heavy atom. The summed E-state index contributed by atoms with van der Waals surface area (Å²) >= 11 is -0.416. The molecule has 5 nitrogen and oxygen atoms in total. The van der Waals surface area contributed by atoms with Gasteiger partial charge in [-0.2, -0.15) is 0 Å². The van der Waals surface area contributed by atoms with E-state index in [2.05, 4.69) is 201 Å². The number of hydrogen-bond acceptors (Lipinski definition) is 4. The van der Waals surface area contributed by atoms with E-state index in [1.165, 1.54) is 53.2 Å². The molecule has 0 radical (unpaired) electrons. The van der Waals surface area contributed by atoms with Crippen LogP contribution in [0.25, 0.3) is 58.8 Å². The summed E-state index contributed by atoms with van der Waals surface area (Å²) in [6.45, 7) is 2.84. The SMILES string of the molecule is Cc1cc(-n2c3ccccc3c3ccc(Oc4cccc(N5CN(c6c(-c7ccccc7)cccc6-c6ccccc6)c6ccccc65)c4)cc32)nc2[te]ccc12. The van der Waals surface area contributed by atoms with Crippen LogP contribution in [-0.4, -0.2) is 36.7 Å². The number of rotatable bonds is 7. The van der Waals surface area contributed by atoms with E-state index in [1.54, 1.807) is 0 Å². The van der Waals surface area contributed by atoms with Crippen LogP contribution in [0.15, 0.2) is 186 Å². The van der Waals surface area contributed by atoms with Crippen molar-refractivity contribution in [2.45, 2.75) is 6.92 Å². The quantitative estimate of drug-likeness (QED) is 0.150. The normalized spacial score (nSPS) is 12.5. The number of anilines is 4. The molecule has 0 unspecified atom stereocenters. The van der Waals surface area contributed by atoms with Gasteiger partial charge in [0.1, 0.15) is 6.67 Å². The molecule has 0 fully saturated rings. The molecule has 7 aromatic carbocycles. The molecule has 0 amide bonds. The van der Waals surface area contributed by atoms with Crippen molar-refractivity contribution in [1.29, 1.82) is 0 Å². The zero-order valence-corrected chi connectivity index (χ0v) is 33.5. The van der Waals surface area contributed by atoms with E-state index in [-0.39, 0.29) is 0 Å². The monoisotopic (exact) mass is 850 g/mol. The van der Waals surface area contributed by atoms with E-state index in [0.717, 1.165) is 45.4 Å². The van der Waals surface area contributed by atoms with E-state index >= 15 is 0 Å². The van der Waals surface area contributed by atoms with E-state index in [4.69, 9.17) is 9.72 Å². The van der Waals surface area contributed by atoms with Gasteiger partial charge in [0.25, 0.3) is 0 Å². The topological polar surface area (TPSA) is 33.5 Å². The van der Waals surface area contributed by atoms with Gasteiger partial charge < -0.3 is 4.90 Å². The van der Waals surface area contributed by atoms with E-state index in [0.29, 0.717) is 6.67 Å². The van der Waals surface area contributed by atoms with Crippen molar-refractivity contribution < 1.29 is 4.74 Å². The second-order valence-electron chi connectivity index (χ2n) is 14.5. The van der Waals surface area contributed by atoms with Gasteiger partial charge in [0.15, 0.2) is 0 Å². The molecule has 1 aliphatic rings. The predicted molar refractivity (Wildman–Crippen MR) is 237 cm³/mol. The minimum atomic E-state index is -0.416. The number of aryl methyl sites for hydroxylation is 1. The molecule has 0 atom stereocenters. The van der Waals surface area contributed by atoms with Gasteiger partial charge in [-0.15, -0.1) is 0 Å². The van der Waals surface area contributed by atoms with Gasteiger partial charge in [-0.1, -0.05) is 91.0 Å². The standard InChI is InChI=1S/C51H36N4OTe/c1-34-30-49(52-51-40(34)28-29-57-51)55-45-23-9-8-20-43(45)44-27-26-39(32-48(44)55)56-38-19-12-18-37(31-38)53-33-54(47-25-11-10-24-46(47)53)50-41(35-14-4-2-5-15-35)21-13-22-42(50)36-16-6-3-7-17-36/h2-32H,33H2,1H3. The molecule has 4 heterocycles. The van der Waals surface area contributed by atoms with Crippen LogP contribution >= 0.6 is 0 Å². The fourth-order valence-electron chi connectivity index (χ4n) is 8.48. The number of para-hydroxylation sites is 4. The minimum absolute atomic E-state index is 0.416. The molecule has 0 saturated carbocycles. The maximum atomic E-state index is 6.75. The third-order valence-electron chi connectivity index (χ3n) is 11.1. The van der Waals surface area contributed by atoms with Gasteiger partial charge >= 0.3 is 189 Å². The van der Waals surface area contributed by atoms with Crippen LogP contribution < -0.4 is 14.5 Å². The molecule has 1 aliphatic heterocycles. The maximum absolute atomic E-state index is 6.75. The van der Waals surface area contributed by atoms with Crippen molar-refractivity contribution in [2.75, 3.05) is 16.5 Å². The Morgan fingerprint density at radius 3 is 1.95 bits per heavy atom. The molecule has 10 aromatic rings. The third-order valence-corrected chi connectivity index (χ3v) is 13.4. The first-order valence-electron chi connectivity index (χ1n) is 19.2. The number of aromatic nitrogens is 2. The van der Waals surface area contributed by atoms with Gasteiger partial charge in [-0.25, -0.2) is 0 Å². The molecule has 11 rings (SSSR count). The van der Waals surface area contributed by atoms with Crippen LogP contribution in [-0.2, 0) is 0 Å². The van der Waals surface area contributed by atoms with Crippen molar-refractivity contribution in [1.82, 2.24) is 9.55 Å². The fraction of sp³-hybridized carbons (Fsp3) is 0.0392. The zero-order chi connectivity index (χ0) is 37.9. The average Bonchev–Trinajstić information content (AvgIpc) is 3.99. The molecule has 0 spiro atoms. The van der Waals surface area contributed by atoms with Crippen molar-refractivity contribution in [3.8, 4) is 39.6 Å². The molecule has 6 heteroatoms. The summed E-state index contributed by atoms with van der Waals surface area (Å²) in [5.74, 6) is 2.53. The Morgan fingerprint density at radius 1 is 0.526 bits per heavy atom. The van der Waals surface area contributed by atoms with Crippen LogP contribution in [0.1, 0.15) is 5.56 Å². The second kappa shape index (κ2) is 13.9. The third kappa shape index (κ3) is 5.80.